The summed E-state index contributed by atoms with van der Waals surface area (Å²) in [5.41, 5.74) is -4.17. The first-order chi connectivity index (χ1) is 41.6. The summed E-state index contributed by atoms with van der Waals surface area (Å²) in [6.45, 7) is 9.53. The summed E-state index contributed by atoms with van der Waals surface area (Å²) < 4.78 is 154. The predicted molar refractivity (Wildman–Crippen MR) is 325 cm³/mol. The number of phenols is 1. The normalized spacial score (nSPS) is 12.8. The number of nitrogens with one attached hydrogen (secondary N) is 2. The number of carbonyl (C=O) groups excluding carboxylic acids is 4. The topological polar surface area (TPSA) is 140 Å². The molecular formula is C69H65BrF10N2O8. The third-order valence-electron chi connectivity index (χ3n) is 13.8. The lowest BCUT2D eigenvalue weighted by atomic mass is 9.77. The Morgan fingerprint density at radius 1 is 0.467 bits per heavy atom. The van der Waals surface area contributed by atoms with Crippen LogP contribution < -0.4 is 15.4 Å². The fourth-order valence-corrected chi connectivity index (χ4v) is 9.69. The van der Waals surface area contributed by atoms with Crippen LogP contribution >= 0.6 is 15.9 Å². The van der Waals surface area contributed by atoms with Crippen molar-refractivity contribution in [1.82, 2.24) is 10.6 Å². The second-order valence-electron chi connectivity index (χ2n) is 21.6. The number of hydrogen-bond acceptors (Lipinski definition) is 8. The molecule has 0 saturated carbocycles. The Morgan fingerprint density at radius 3 is 1.22 bits per heavy atom. The molecule has 2 atom stereocenters. The van der Waals surface area contributed by atoms with Crippen molar-refractivity contribution in [1.29, 1.82) is 0 Å². The lowest BCUT2D eigenvalue weighted by Crippen LogP contribution is -2.49. The summed E-state index contributed by atoms with van der Waals surface area (Å²) in [6.07, 6.45) is -9.37. The minimum atomic E-state index is -4.70. The number of carbonyl (C=O) groups is 4. The van der Waals surface area contributed by atoms with Gasteiger partial charge in [-0.1, -0.05) is 120 Å². The van der Waals surface area contributed by atoms with Crippen LogP contribution in [0.4, 0.5) is 43.9 Å². The molecule has 0 fully saturated rings. The number of aromatic hydroxyl groups is 1. The largest absolute Gasteiger partial charge is 0.505 e. The molecule has 0 bridgehead atoms. The Kier molecular flexibility index (Phi) is 23.6. The molecule has 0 aromatic heterocycles. The predicted octanol–water partition coefficient (Wildman–Crippen LogP) is 16.4. The van der Waals surface area contributed by atoms with Crippen molar-refractivity contribution in [3.63, 3.8) is 0 Å². The Morgan fingerprint density at radius 2 is 0.867 bits per heavy atom. The maximum Gasteiger partial charge on any atom is 0.416 e. The van der Waals surface area contributed by atoms with Gasteiger partial charge in [-0.2, -0.15) is 26.3 Å². The van der Waals surface area contributed by atoms with Gasteiger partial charge in [0.1, 0.15) is 16.0 Å². The number of aryl methyl sites for hydroxylation is 2. The number of methoxy groups -OCH3 is 2. The zero-order valence-corrected chi connectivity index (χ0v) is 50.8. The maximum absolute atomic E-state index is 15.2. The van der Waals surface area contributed by atoms with E-state index < -0.39 is 91.3 Å². The Balaban J connectivity index is 0.000000292. The zero-order chi connectivity index (χ0) is 65.9. The van der Waals surface area contributed by atoms with E-state index >= 15 is 4.39 Å². The van der Waals surface area contributed by atoms with Gasteiger partial charge in [0, 0.05) is 24.0 Å². The van der Waals surface area contributed by atoms with E-state index in [9.17, 15) is 63.8 Å². The van der Waals surface area contributed by atoms with E-state index in [1.165, 1.54) is 75.6 Å². The molecule has 10 nitrogen and oxygen atoms in total. The van der Waals surface area contributed by atoms with Crippen LogP contribution in [0.15, 0.2) is 182 Å². The molecule has 0 aliphatic rings. The molecule has 2 amide bonds. The van der Waals surface area contributed by atoms with Crippen LogP contribution in [0, 0.1) is 37.1 Å². The molecule has 0 spiro atoms. The molecule has 0 radical (unpaired) electrons. The lowest BCUT2D eigenvalue weighted by molar-refractivity contribution is -0.156. The molecule has 8 rings (SSSR count). The molecule has 476 valence electrons. The van der Waals surface area contributed by atoms with Crippen LogP contribution in [-0.2, 0) is 55.3 Å². The van der Waals surface area contributed by atoms with Gasteiger partial charge in [-0.15, -0.1) is 0 Å². The first kappa shape index (κ1) is 71.8. The SMILES string of the molecule is C.COC(=O)C(C)(C)Br.COC(=O)C(C)(C)Oc1cc([C@@](Cc2ccccc2)(NC(=O)c2cccc(C(F)(F)F)c2)c2cc(C)cc(F)c2)ccc1F.Cc1cc(F)cc([C@](Cc2ccccc2)(NC(=O)c2cccc(C(F)(F)F)c2)c2ccc(F)c(O)c2)c1. The number of phenolic OH excluding ortho intramolecular Hbond substituents is 1. The number of ether oxygens (including phenoxy) is 3. The number of rotatable bonds is 16. The number of amides is 2. The van der Waals surface area contributed by atoms with Gasteiger partial charge in [0.25, 0.3) is 11.8 Å². The minimum Gasteiger partial charge on any atom is -0.505 e. The molecule has 0 heterocycles. The molecule has 0 saturated heterocycles. The fourth-order valence-electron chi connectivity index (χ4n) is 9.52. The van der Waals surface area contributed by atoms with Crippen molar-refractivity contribution in [2.24, 2.45) is 0 Å². The standard InChI is InChI=1S/C34H30F5NO4.C29H22F5NO2.C5H9BrO2.CH4/c1-21-15-26(18-27(35)16-21)33(20-22-9-6-5-7-10-22,40-30(41)23-11-8-12-25(17-23)34(37,38)39)24-13-14-28(36)29(19-24)44-32(2,3)31(42)43-4;1-18-12-23(15-24(30)13-18)28(17-19-6-3-2-4-7-19,21-10-11-25(31)26(36)16-21)35-27(37)20-8-5-9-22(14-20)29(32,33)34;1-5(2,6)4(7)8-3;/h5-19H,20H2,1-4H3,(H,40,41);2-16,36H,17H2,1H3,(H,35,37);1-3H3;1H4/t33-;28-;;/m11../s1. The molecule has 90 heavy (non-hydrogen) atoms. The van der Waals surface area contributed by atoms with Gasteiger partial charge in [0.2, 0.25) is 0 Å². The molecule has 8 aromatic rings. The summed E-state index contributed by atoms with van der Waals surface area (Å²) in [6, 6.07) is 40.8. The summed E-state index contributed by atoms with van der Waals surface area (Å²) in [5, 5.41) is 15.8. The second kappa shape index (κ2) is 29.6. The maximum atomic E-state index is 15.2. The third kappa shape index (κ3) is 18.3. The first-order valence-corrected chi connectivity index (χ1v) is 27.9. The van der Waals surface area contributed by atoms with Crippen LogP contribution in [-0.4, -0.2) is 53.0 Å². The van der Waals surface area contributed by atoms with Gasteiger partial charge in [-0.3, -0.25) is 14.4 Å². The first-order valence-electron chi connectivity index (χ1n) is 27.1. The third-order valence-corrected chi connectivity index (χ3v) is 14.2. The van der Waals surface area contributed by atoms with Gasteiger partial charge >= 0.3 is 24.3 Å². The van der Waals surface area contributed by atoms with Gasteiger partial charge in [0.15, 0.2) is 28.7 Å². The molecule has 21 heteroatoms. The fraction of sp³-hybridized carbons (Fsp3) is 0.246. The average Bonchev–Trinajstić information content (AvgIpc) is 0.799. The van der Waals surface area contributed by atoms with Crippen LogP contribution in [0.2, 0.25) is 0 Å². The Bertz CT molecular complexity index is 3780. The smallest absolute Gasteiger partial charge is 0.416 e. The molecule has 0 aliphatic heterocycles. The van der Waals surface area contributed by atoms with E-state index in [1.807, 2.05) is 0 Å². The van der Waals surface area contributed by atoms with E-state index in [-0.39, 0.29) is 65.4 Å². The summed E-state index contributed by atoms with van der Waals surface area (Å²) in [5.74, 6) is -6.83. The minimum absolute atomic E-state index is 0. The Hall–Kier alpha value is -8.98. The monoisotopic (exact) mass is 1320 g/mol. The Labute approximate surface area is 523 Å². The van der Waals surface area contributed by atoms with Crippen molar-refractivity contribution in [3.8, 4) is 11.5 Å². The molecular weight excluding hydrogens is 1250 g/mol. The van der Waals surface area contributed by atoms with Crippen molar-refractivity contribution in [2.75, 3.05) is 14.2 Å². The summed E-state index contributed by atoms with van der Waals surface area (Å²) in [7, 11) is 2.52. The summed E-state index contributed by atoms with van der Waals surface area (Å²) >= 11 is 3.13. The van der Waals surface area contributed by atoms with E-state index in [2.05, 4.69) is 31.3 Å². The molecule has 0 unspecified atom stereocenters. The van der Waals surface area contributed by atoms with Crippen LogP contribution in [0.3, 0.4) is 0 Å². The summed E-state index contributed by atoms with van der Waals surface area (Å²) in [4.78, 5) is 50.2. The van der Waals surface area contributed by atoms with Gasteiger partial charge in [-0.05, 0) is 171 Å². The highest BCUT2D eigenvalue weighted by atomic mass is 79.9. The number of hydrogen-bond donors (Lipinski definition) is 3. The molecule has 3 N–H and O–H groups in total. The highest BCUT2D eigenvalue weighted by Crippen LogP contribution is 2.41. The highest BCUT2D eigenvalue weighted by Gasteiger charge is 2.42. The number of esters is 2. The van der Waals surface area contributed by atoms with E-state index in [1.54, 1.807) is 100 Å². The van der Waals surface area contributed by atoms with Gasteiger partial charge in [-0.25, -0.2) is 22.4 Å². The van der Waals surface area contributed by atoms with Crippen molar-refractivity contribution < 1.29 is 82.4 Å². The average molecular weight is 1320 g/mol. The van der Waals surface area contributed by atoms with Crippen LogP contribution in [0.1, 0.15) is 111 Å². The van der Waals surface area contributed by atoms with Crippen LogP contribution in [0.25, 0.3) is 0 Å². The van der Waals surface area contributed by atoms with Gasteiger partial charge < -0.3 is 30.0 Å². The molecule has 0 aliphatic carbocycles. The van der Waals surface area contributed by atoms with E-state index in [0.717, 1.165) is 61.7 Å². The second-order valence-corrected chi connectivity index (χ2v) is 23.6. The van der Waals surface area contributed by atoms with Gasteiger partial charge in [0.05, 0.1) is 36.4 Å². The van der Waals surface area contributed by atoms with Crippen molar-refractivity contribution in [2.45, 2.75) is 95.2 Å². The van der Waals surface area contributed by atoms with Crippen LogP contribution in [0.5, 0.6) is 11.5 Å². The quantitative estimate of drug-likeness (QED) is 0.0494. The number of alkyl halides is 7. The number of benzene rings is 8. The van der Waals surface area contributed by atoms with E-state index in [4.69, 9.17) is 9.47 Å². The molecule has 8 aromatic carbocycles. The number of halogens is 11. The van der Waals surface area contributed by atoms with Crippen molar-refractivity contribution >= 4 is 39.7 Å². The zero-order valence-electron chi connectivity index (χ0n) is 49.2. The lowest BCUT2D eigenvalue weighted by Gasteiger charge is -2.37. The van der Waals surface area contributed by atoms with E-state index in [0.29, 0.717) is 22.3 Å². The highest BCUT2D eigenvalue weighted by molar-refractivity contribution is 9.10. The van der Waals surface area contributed by atoms with Crippen molar-refractivity contribution in [3.05, 3.63) is 272 Å².